The van der Waals surface area contributed by atoms with Gasteiger partial charge in [0.1, 0.15) is 0 Å². The van der Waals surface area contributed by atoms with Gasteiger partial charge in [0.2, 0.25) is 5.91 Å². The molecule has 2 rings (SSSR count). The van der Waals surface area contributed by atoms with E-state index in [1.165, 1.54) is 0 Å². The zero-order valence-corrected chi connectivity index (χ0v) is 11.8. The van der Waals surface area contributed by atoms with Crippen LogP contribution in [0.2, 0.25) is 0 Å². The summed E-state index contributed by atoms with van der Waals surface area (Å²) in [5.74, 6) is 0.165. The molecule has 0 saturated carbocycles. The van der Waals surface area contributed by atoms with Gasteiger partial charge in [-0.3, -0.25) is 4.79 Å². The highest BCUT2D eigenvalue weighted by Gasteiger charge is 2.31. The van der Waals surface area contributed by atoms with Gasteiger partial charge in [0.15, 0.2) is 0 Å². The standard InChI is InChI=1S/C14H26N2O3/c1-14(11-17)5-3-6-15(10-14)8-12(18)9-16-7-2-4-13(16)19/h12,17-18H,2-11H2,1H3. The summed E-state index contributed by atoms with van der Waals surface area (Å²) >= 11 is 0. The van der Waals surface area contributed by atoms with Crippen LogP contribution in [0.5, 0.6) is 0 Å². The Hall–Kier alpha value is -0.650. The number of carbonyl (C=O) groups is 1. The fourth-order valence-corrected chi connectivity index (χ4v) is 3.22. The molecule has 2 heterocycles. The normalized spacial score (nSPS) is 30.9. The van der Waals surface area contributed by atoms with E-state index in [1.54, 1.807) is 4.90 Å². The van der Waals surface area contributed by atoms with E-state index in [-0.39, 0.29) is 17.9 Å². The van der Waals surface area contributed by atoms with Crippen molar-refractivity contribution in [2.24, 2.45) is 5.41 Å². The molecule has 5 heteroatoms. The number of nitrogens with zero attached hydrogens (tertiary/aromatic N) is 2. The molecule has 2 N–H and O–H groups in total. The Bertz CT molecular complexity index is 324. The highest BCUT2D eigenvalue weighted by molar-refractivity contribution is 5.78. The first-order chi connectivity index (χ1) is 9.02. The first-order valence-electron chi connectivity index (χ1n) is 7.31. The van der Waals surface area contributed by atoms with Gasteiger partial charge in [0, 0.05) is 44.6 Å². The fraction of sp³-hybridized carbons (Fsp3) is 0.929. The molecule has 0 aromatic carbocycles. The molecule has 0 aromatic heterocycles. The smallest absolute Gasteiger partial charge is 0.222 e. The van der Waals surface area contributed by atoms with Crippen molar-refractivity contribution in [3.63, 3.8) is 0 Å². The Morgan fingerprint density at radius 2 is 2.11 bits per heavy atom. The maximum absolute atomic E-state index is 11.5. The number of aliphatic hydroxyl groups excluding tert-OH is 2. The number of rotatable bonds is 5. The average Bonchev–Trinajstić information content (AvgIpc) is 2.75. The fourth-order valence-electron chi connectivity index (χ4n) is 3.22. The van der Waals surface area contributed by atoms with Gasteiger partial charge >= 0.3 is 0 Å². The molecule has 2 unspecified atom stereocenters. The van der Waals surface area contributed by atoms with Crippen molar-refractivity contribution in [2.45, 2.75) is 38.7 Å². The van der Waals surface area contributed by atoms with Crippen molar-refractivity contribution in [1.82, 2.24) is 9.80 Å². The molecule has 0 aromatic rings. The van der Waals surface area contributed by atoms with Crippen LogP contribution in [0.4, 0.5) is 0 Å². The number of likely N-dealkylation sites (tertiary alicyclic amines) is 2. The van der Waals surface area contributed by atoms with Crippen molar-refractivity contribution >= 4 is 5.91 Å². The molecule has 2 atom stereocenters. The van der Waals surface area contributed by atoms with Gasteiger partial charge < -0.3 is 20.0 Å². The number of carbonyl (C=O) groups excluding carboxylic acids is 1. The van der Waals surface area contributed by atoms with Gasteiger partial charge in [0.05, 0.1) is 6.10 Å². The molecule has 2 aliphatic heterocycles. The van der Waals surface area contributed by atoms with Gasteiger partial charge in [-0.05, 0) is 25.8 Å². The zero-order chi connectivity index (χ0) is 13.9. The molecule has 5 nitrogen and oxygen atoms in total. The summed E-state index contributed by atoms with van der Waals surface area (Å²) < 4.78 is 0. The third-order valence-electron chi connectivity index (χ3n) is 4.31. The van der Waals surface area contributed by atoms with Crippen LogP contribution < -0.4 is 0 Å². The average molecular weight is 270 g/mol. The van der Waals surface area contributed by atoms with Crippen molar-refractivity contribution < 1.29 is 15.0 Å². The Morgan fingerprint density at radius 3 is 2.74 bits per heavy atom. The SMILES string of the molecule is CC1(CO)CCCN(CC(O)CN2CCCC2=O)C1. The van der Waals surface area contributed by atoms with Gasteiger partial charge in [-0.1, -0.05) is 6.92 Å². The number of hydrogen-bond donors (Lipinski definition) is 2. The molecule has 19 heavy (non-hydrogen) atoms. The second kappa shape index (κ2) is 6.20. The van der Waals surface area contributed by atoms with Crippen LogP contribution in [0.15, 0.2) is 0 Å². The third-order valence-corrected chi connectivity index (χ3v) is 4.31. The van der Waals surface area contributed by atoms with E-state index in [2.05, 4.69) is 11.8 Å². The molecular formula is C14H26N2O3. The Balaban J connectivity index is 1.78. The second-order valence-corrected chi connectivity index (χ2v) is 6.40. The minimum Gasteiger partial charge on any atom is -0.396 e. The van der Waals surface area contributed by atoms with Crippen LogP contribution >= 0.6 is 0 Å². The summed E-state index contributed by atoms with van der Waals surface area (Å²) in [5, 5.41) is 19.5. The quantitative estimate of drug-likeness (QED) is 0.742. The Morgan fingerprint density at radius 1 is 1.32 bits per heavy atom. The minimum atomic E-state index is -0.483. The lowest BCUT2D eigenvalue weighted by Gasteiger charge is -2.40. The van der Waals surface area contributed by atoms with Crippen LogP contribution in [-0.2, 0) is 4.79 Å². The first-order valence-corrected chi connectivity index (χ1v) is 7.31. The zero-order valence-electron chi connectivity index (χ0n) is 11.8. The van der Waals surface area contributed by atoms with E-state index >= 15 is 0 Å². The molecule has 0 radical (unpaired) electrons. The number of hydrogen-bond acceptors (Lipinski definition) is 4. The van der Waals surface area contributed by atoms with Crippen LogP contribution in [-0.4, -0.2) is 71.4 Å². The summed E-state index contributed by atoms with van der Waals surface area (Å²) in [6, 6.07) is 0. The molecule has 0 bridgehead atoms. The monoisotopic (exact) mass is 270 g/mol. The molecule has 0 spiro atoms. The van der Waals surface area contributed by atoms with Crippen molar-refractivity contribution in [3.8, 4) is 0 Å². The molecule has 2 saturated heterocycles. The second-order valence-electron chi connectivity index (χ2n) is 6.40. The van der Waals surface area contributed by atoms with Crippen LogP contribution in [0.3, 0.4) is 0 Å². The lowest BCUT2D eigenvalue weighted by Crippen LogP contribution is -2.48. The molecule has 2 aliphatic rings. The van der Waals surface area contributed by atoms with E-state index in [1.807, 2.05) is 0 Å². The van der Waals surface area contributed by atoms with Crippen molar-refractivity contribution in [3.05, 3.63) is 0 Å². The Kier molecular flexibility index (Phi) is 4.81. The maximum atomic E-state index is 11.5. The lowest BCUT2D eigenvalue weighted by molar-refractivity contribution is -0.129. The van der Waals surface area contributed by atoms with E-state index in [9.17, 15) is 15.0 Å². The largest absolute Gasteiger partial charge is 0.396 e. The highest BCUT2D eigenvalue weighted by atomic mass is 16.3. The van der Waals surface area contributed by atoms with E-state index in [0.29, 0.717) is 19.5 Å². The molecular weight excluding hydrogens is 244 g/mol. The number of piperidine rings is 1. The van der Waals surface area contributed by atoms with Crippen molar-refractivity contribution in [2.75, 3.05) is 39.3 Å². The predicted molar refractivity (Wildman–Crippen MR) is 72.7 cm³/mol. The summed E-state index contributed by atoms with van der Waals surface area (Å²) in [4.78, 5) is 15.5. The summed E-state index contributed by atoms with van der Waals surface area (Å²) in [6.07, 6.45) is 3.16. The minimum absolute atomic E-state index is 0.0402. The summed E-state index contributed by atoms with van der Waals surface area (Å²) in [5.41, 5.74) is -0.0402. The van der Waals surface area contributed by atoms with Crippen LogP contribution in [0.25, 0.3) is 0 Å². The third kappa shape index (κ3) is 3.91. The number of β-amino-alcohol motifs (C(OH)–C–C–N with tert-alkyl or cyclic N) is 1. The van der Waals surface area contributed by atoms with Gasteiger partial charge in [-0.15, -0.1) is 0 Å². The van der Waals surface area contributed by atoms with Crippen LogP contribution in [0, 0.1) is 5.41 Å². The highest BCUT2D eigenvalue weighted by Crippen LogP contribution is 2.28. The Labute approximate surface area is 115 Å². The molecule has 2 fully saturated rings. The van der Waals surface area contributed by atoms with E-state index < -0.39 is 6.10 Å². The number of aliphatic hydroxyl groups is 2. The molecule has 0 aliphatic carbocycles. The lowest BCUT2D eigenvalue weighted by atomic mass is 9.83. The van der Waals surface area contributed by atoms with Crippen LogP contribution in [0.1, 0.15) is 32.6 Å². The number of amides is 1. The topological polar surface area (TPSA) is 64.0 Å². The van der Waals surface area contributed by atoms with Gasteiger partial charge in [0.25, 0.3) is 0 Å². The van der Waals surface area contributed by atoms with E-state index in [4.69, 9.17) is 0 Å². The summed E-state index contributed by atoms with van der Waals surface area (Å²) in [7, 11) is 0. The van der Waals surface area contributed by atoms with E-state index in [0.717, 1.165) is 38.9 Å². The predicted octanol–water partition coefficient (Wildman–Crippen LogP) is 0.0641. The maximum Gasteiger partial charge on any atom is 0.222 e. The summed E-state index contributed by atoms with van der Waals surface area (Å²) in [6.45, 7) is 5.92. The molecule has 1 amide bonds. The van der Waals surface area contributed by atoms with Gasteiger partial charge in [-0.25, -0.2) is 0 Å². The molecule has 110 valence electrons. The first kappa shape index (κ1) is 14.8. The van der Waals surface area contributed by atoms with Gasteiger partial charge in [-0.2, -0.15) is 0 Å². The van der Waals surface area contributed by atoms with Crippen molar-refractivity contribution in [1.29, 1.82) is 0 Å².